The molecule has 7 heteroatoms. The molecule has 0 N–H and O–H groups in total. The molecule has 7 nitrogen and oxygen atoms in total. The van der Waals surface area contributed by atoms with Crippen molar-refractivity contribution in [3.63, 3.8) is 0 Å². The Morgan fingerprint density at radius 2 is 1.66 bits per heavy atom. The molecule has 0 saturated carbocycles. The first-order valence-corrected chi connectivity index (χ1v) is 11.4. The third-order valence-electron chi connectivity index (χ3n) is 5.90. The van der Waals surface area contributed by atoms with Gasteiger partial charge in [-0.2, -0.15) is 5.26 Å². The van der Waals surface area contributed by atoms with Gasteiger partial charge in [-0.15, -0.1) is 0 Å². The highest BCUT2D eigenvalue weighted by atomic mass is 16.6. The van der Waals surface area contributed by atoms with Crippen molar-refractivity contribution in [2.24, 2.45) is 5.92 Å². The maximum absolute atomic E-state index is 12.9. The number of amides is 2. The average Bonchev–Trinajstić information content (AvgIpc) is 2.77. The van der Waals surface area contributed by atoms with E-state index >= 15 is 0 Å². The molecule has 0 spiro atoms. The van der Waals surface area contributed by atoms with Gasteiger partial charge in [0.1, 0.15) is 17.2 Å². The number of hydrogen-bond donors (Lipinski definition) is 0. The van der Waals surface area contributed by atoms with E-state index in [2.05, 4.69) is 30.3 Å². The fourth-order valence-corrected chi connectivity index (χ4v) is 4.13. The molecule has 2 fully saturated rings. The fourth-order valence-electron chi connectivity index (χ4n) is 4.13. The van der Waals surface area contributed by atoms with Gasteiger partial charge in [0.15, 0.2) is 0 Å². The normalized spacial score (nSPS) is 18.3. The predicted octanol–water partition coefficient (Wildman–Crippen LogP) is 3.43. The zero-order valence-electron chi connectivity index (χ0n) is 19.4. The summed E-state index contributed by atoms with van der Waals surface area (Å²) in [4.78, 5) is 30.5. The Kier molecular flexibility index (Phi) is 7.79. The van der Waals surface area contributed by atoms with Gasteiger partial charge in [0.2, 0.25) is 0 Å². The Bertz CT molecular complexity index is 853. The molecule has 0 aromatic heterocycles. The van der Waals surface area contributed by atoms with Crippen molar-refractivity contribution in [2.45, 2.75) is 45.6 Å². The number of piperazine rings is 1. The van der Waals surface area contributed by atoms with Gasteiger partial charge in [-0.25, -0.2) is 4.79 Å². The van der Waals surface area contributed by atoms with E-state index < -0.39 is 5.60 Å². The van der Waals surface area contributed by atoms with Crippen LogP contribution in [0.4, 0.5) is 4.79 Å². The van der Waals surface area contributed by atoms with Gasteiger partial charge in [0.25, 0.3) is 5.91 Å². The van der Waals surface area contributed by atoms with Crippen LogP contribution in [-0.4, -0.2) is 71.6 Å². The molecule has 2 heterocycles. The van der Waals surface area contributed by atoms with E-state index in [1.165, 1.54) is 5.56 Å². The minimum absolute atomic E-state index is 0.164. The van der Waals surface area contributed by atoms with Crippen molar-refractivity contribution in [1.82, 2.24) is 14.7 Å². The summed E-state index contributed by atoms with van der Waals surface area (Å²) < 4.78 is 5.42. The summed E-state index contributed by atoms with van der Waals surface area (Å²) in [5.74, 6) is 0.372. The number of carbonyl (C=O) groups is 2. The molecule has 0 bridgehead atoms. The van der Waals surface area contributed by atoms with E-state index in [4.69, 9.17) is 4.74 Å². The molecule has 1 aromatic carbocycles. The van der Waals surface area contributed by atoms with Crippen molar-refractivity contribution < 1.29 is 14.3 Å². The summed E-state index contributed by atoms with van der Waals surface area (Å²) in [6.45, 7) is 9.04. The van der Waals surface area contributed by atoms with Crippen LogP contribution in [0.1, 0.15) is 39.2 Å². The number of carbonyl (C=O) groups excluding carboxylic acids is 2. The molecular weight excluding hydrogens is 404 g/mol. The first-order valence-electron chi connectivity index (χ1n) is 11.4. The quantitative estimate of drug-likeness (QED) is 0.532. The number of benzene rings is 1. The molecule has 0 aliphatic carbocycles. The first-order chi connectivity index (χ1) is 15.2. The molecule has 3 rings (SSSR count). The van der Waals surface area contributed by atoms with Crippen LogP contribution < -0.4 is 0 Å². The molecule has 2 saturated heterocycles. The molecule has 0 radical (unpaired) electrons. The van der Waals surface area contributed by atoms with Crippen LogP contribution in [0.2, 0.25) is 0 Å². The lowest BCUT2D eigenvalue weighted by molar-refractivity contribution is -0.128. The number of likely N-dealkylation sites (tertiary alicyclic amines) is 1. The van der Waals surface area contributed by atoms with E-state index in [0.29, 0.717) is 45.2 Å². The Hall–Kier alpha value is -3.01. The van der Waals surface area contributed by atoms with Crippen LogP contribution in [0, 0.1) is 17.2 Å². The molecule has 172 valence electrons. The SMILES string of the molecule is CC(C)(C)OC(=O)N1CCN(/C=C(/C#N)C(=O)N2CCC(Cc3ccccc3)CC2)CC1. The van der Waals surface area contributed by atoms with Crippen molar-refractivity contribution >= 4 is 12.0 Å². The minimum atomic E-state index is -0.525. The third kappa shape index (κ3) is 6.74. The molecular formula is C25H34N4O3. The topological polar surface area (TPSA) is 76.9 Å². The van der Waals surface area contributed by atoms with E-state index in [1.807, 2.05) is 31.7 Å². The second-order valence-electron chi connectivity index (χ2n) is 9.58. The maximum Gasteiger partial charge on any atom is 0.410 e. The highest BCUT2D eigenvalue weighted by Gasteiger charge is 2.28. The summed E-state index contributed by atoms with van der Waals surface area (Å²) in [6.07, 6.45) is 4.27. The molecule has 2 aliphatic heterocycles. The van der Waals surface area contributed by atoms with Gasteiger partial charge in [0.05, 0.1) is 0 Å². The summed E-state index contributed by atoms with van der Waals surface area (Å²) >= 11 is 0. The number of nitriles is 1. The Morgan fingerprint density at radius 1 is 1.03 bits per heavy atom. The lowest BCUT2D eigenvalue weighted by atomic mass is 9.90. The maximum atomic E-state index is 12.9. The number of nitrogens with zero attached hydrogens (tertiary/aromatic N) is 4. The highest BCUT2D eigenvalue weighted by molar-refractivity contribution is 5.97. The molecule has 32 heavy (non-hydrogen) atoms. The molecule has 0 atom stereocenters. The zero-order valence-corrected chi connectivity index (χ0v) is 19.4. The van der Waals surface area contributed by atoms with Gasteiger partial charge in [-0.05, 0) is 51.5 Å². The summed E-state index contributed by atoms with van der Waals surface area (Å²) in [6, 6.07) is 12.5. The van der Waals surface area contributed by atoms with Crippen molar-refractivity contribution in [3.8, 4) is 6.07 Å². The summed E-state index contributed by atoms with van der Waals surface area (Å²) in [5.41, 5.74) is 0.973. The van der Waals surface area contributed by atoms with E-state index in [9.17, 15) is 14.9 Å². The molecule has 0 unspecified atom stereocenters. The molecule has 1 aromatic rings. The Labute approximate surface area is 191 Å². The van der Waals surface area contributed by atoms with Gasteiger partial charge in [0, 0.05) is 45.5 Å². The monoisotopic (exact) mass is 438 g/mol. The van der Waals surface area contributed by atoms with Gasteiger partial charge in [-0.1, -0.05) is 30.3 Å². The highest BCUT2D eigenvalue weighted by Crippen LogP contribution is 2.23. The van der Waals surface area contributed by atoms with Crippen LogP contribution in [0.25, 0.3) is 0 Å². The van der Waals surface area contributed by atoms with Gasteiger partial charge < -0.3 is 19.4 Å². The van der Waals surface area contributed by atoms with Crippen LogP contribution in [-0.2, 0) is 16.0 Å². The summed E-state index contributed by atoms with van der Waals surface area (Å²) in [5, 5.41) is 9.60. The molecule has 2 amide bonds. The predicted molar refractivity (Wildman–Crippen MR) is 123 cm³/mol. The van der Waals surface area contributed by atoms with Gasteiger partial charge in [-0.3, -0.25) is 4.79 Å². The van der Waals surface area contributed by atoms with Crippen LogP contribution >= 0.6 is 0 Å². The third-order valence-corrected chi connectivity index (χ3v) is 5.90. The number of rotatable bonds is 4. The second kappa shape index (κ2) is 10.5. The van der Waals surface area contributed by atoms with Crippen molar-refractivity contribution in [3.05, 3.63) is 47.7 Å². The Morgan fingerprint density at radius 3 is 2.22 bits per heavy atom. The standard InChI is InChI=1S/C25H34N4O3/c1-25(2,3)32-24(31)29-15-13-27(14-16-29)19-22(18-26)23(30)28-11-9-21(10-12-28)17-20-7-5-4-6-8-20/h4-8,19,21H,9-17H2,1-3H3/b22-19-. The minimum Gasteiger partial charge on any atom is -0.444 e. The number of piperidine rings is 1. The number of ether oxygens (including phenoxy) is 1. The summed E-state index contributed by atoms with van der Waals surface area (Å²) in [7, 11) is 0. The second-order valence-corrected chi connectivity index (χ2v) is 9.58. The number of hydrogen-bond acceptors (Lipinski definition) is 5. The van der Waals surface area contributed by atoms with Crippen LogP contribution in [0.5, 0.6) is 0 Å². The smallest absolute Gasteiger partial charge is 0.410 e. The van der Waals surface area contributed by atoms with Gasteiger partial charge >= 0.3 is 6.09 Å². The van der Waals surface area contributed by atoms with E-state index in [-0.39, 0.29) is 17.6 Å². The van der Waals surface area contributed by atoms with Crippen molar-refractivity contribution in [1.29, 1.82) is 5.26 Å². The Balaban J connectivity index is 1.49. The van der Waals surface area contributed by atoms with E-state index in [1.54, 1.807) is 16.0 Å². The lowest BCUT2D eigenvalue weighted by Gasteiger charge is -2.35. The molecule has 2 aliphatic rings. The van der Waals surface area contributed by atoms with Crippen LogP contribution in [0.15, 0.2) is 42.1 Å². The van der Waals surface area contributed by atoms with Crippen molar-refractivity contribution in [2.75, 3.05) is 39.3 Å². The fraction of sp³-hybridized carbons (Fsp3) is 0.560. The zero-order chi connectivity index (χ0) is 23.1. The average molecular weight is 439 g/mol. The van der Waals surface area contributed by atoms with Crippen LogP contribution in [0.3, 0.4) is 0 Å². The first kappa shape index (κ1) is 23.6. The van der Waals surface area contributed by atoms with E-state index in [0.717, 1.165) is 19.3 Å². The lowest BCUT2D eigenvalue weighted by Crippen LogP contribution is -2.48. The largest absolute Gasteiger partial charge is 0.444 e.